The summed E-state index contributed by atoms with van der Waals surface area (Å²) in [4.78, 5) is 0.184. The van der Waals surface area contributed by atoms with Gasteiger partial charge in [-0.3, -0.25) is 0 Å². The molecule has 1 rings (SSSR count). The van der Waals surface area contributed by atoms with Crippen molar-refractivity contribution >= 4 is 15.9 Å². The molecule has 0 saturated carbocycles. The van der Waals surface area contributed by atoms with E-state index in [9.17, 15) is 0 Å². The van der Waals surface area contributed by atoms with Crippen LogP contribution in [0.2, 0.25) is 0 Å². The first kappa shape index (κ1) is 8.46. The Hall–Kier alpha value is 0.360. The molecule has 60 valence electrons. The lowest BCUT2D eigenvalue weighted by Gasteiger charge is -2.11. The van der Waals surface area contributed by atoms with Gasteiger partial charge in [-0.1, -0.05) is 15.9 Å². The number of rotatable bonds is 2. The Morgan fingerprint density at radius 3 is 2.80 bits per heavy atom. The van der Waals surface area contributed by atoms with Crippen LogP contribution >= 0.6 is 15.9 Å². The Morgan fingerprint density at radius 1 is 1.80 bits per heavy atom. The molecule has 0 aromatic heterocycles. The van der Waals surface area contributed by atoms with Gasteiger partial charge in [-0.25, -0.2) is 0 Å². The second-order valence-corrected chi connectivity index (χ2v) is 3.76. The molecule has 3 unspecified atom stereocenters. The van der Waals surface area contributed by atoms with Crippen molar-refractivity contribution in [2.75, 3.05) is 13.2 Å². The van der Waals surface area contributed by atoms with Crippen molar-refractivity contribution < 1.29 is 14.6 Å². The Labute approximate surface area is 68.4 Å². The molecule has 0 spiro atoms. The average Bonchev–Trinajstić information content (AvgIpc) is 2.34. The van der Waals surface area contributed by atoms with Crippen LogP contribution in [0.5, 0.6) is 0 Å². The van der Waals surface area contributed by atoms with Crippen molar-refractivity contribution in [2.24, 2.45) is 0 Å². The van der Waals surface area contributed by atoms with Crippen LogP contribution in [0.3, 0.4) is 0 Å². The van der Waals surface area contributed by atoms with Crippen molar-refractivity contribution in [2.45, 2.75) is 24.1 Å². The maximum atomic E-state index is 8.65. The van der Waals surface area contributed by atoms with Crippen LogP contribution in [0.15, 0.2) is 0 Å². The highest BCUT2D eigenvalue weighted by Crippen LogP contribution is 2.18. The molecule has 10 heavy (non-hydrogen) atoms. The van der Waals surface area contributed by atoms with Crippen molar-refractivity contribution in [3.05, 3.63) is 0 Å². The standard InChI is InChI=1S/C6H11BrO3/c1-4(7)6-9-3-5(2-8)10-6/h4-6,8H,2-3H2,1H3. The molecule has 0 radical (unpaired) electrons. The summed E-state index contributed by atoms with van der Waals surface area (Å²) in [7, 11) is 0. The fourth-order valence-corrected chi connectivity index (χ4v) is 1.08. The number of hydrogen-bond donors (Lipinski definition) is 1. The third-order valence-corrected chi connectivity index (χ3v) is 1.78. The van der Waals surface area contributed by atoms with Crippen LogP contribution in [-0.4, -0.2) is 35.5 Å². The van der Waals surface area contributed by atoms with Gasteiger partial charge in [0.25, 0.3) is 0 Å². The van der Waals surface area contributed by atoms with Crippen molar-refractivity contribution in [1.29, 1.82) is 0 Å². The average molecular weight is 211 g/mol. The van der Waals surface area contributed by atoms with Crippen LogP contribution in [0, 0.1) is 0 Å². The van der Waals surface area contributed by atoms with Gasteiger partial charge in [0, 0.05) is 0 Å². The van der Waals surface area contributed by atoms with E-state index in [0.29, 0.717) is 6.61 Å². The predicted octanol–water partition coefficient (Wildman–Crippen LogP) is 0.504. The third-order valence-electron chi connectivity index (χ3n) is 1.35. The molecule has 0 aromatic carbocycles. The largest absolute Gasteiger partial charge is 0.394 e. The smallest absolute Gasteiger partial charge is 0.170 e. The number of ether oxygens (including phenoxy) is 2. The van der Waals surface area contributed by atoms with Gasteiger partial charge in [0.1, 0.15) is 6.10 Å². The summed E-state index contributed by atoms with van der Waals surface area (Å²) < 4.78 is 10.4. The number of hydrogen-bond acceptors (Lipinski definition) is 3. The van der Waals surface area contributed by atoms with E-state index in [0.717, 1.165) is 0 Å². The molecular formula is C6H11BrO3. The lowest BCUT2D eigenvalue weighted by Crippen LogP contribution is -2.21. The molecule has 1 heterocycles. The van der Waals surface area contributed by atoms with Crippen LogP contribution in [0.4, 0.5) is 0 Å². The molecule has 4 heteroatoms. The fourth-order valence-electron chi connectivity index (χ4n) is 0.807. The van der Waals surface area contributed by atoms with E-state index in [2.05, 4.69) is 15.9 Å². The molecule has 1 saturated heterocycles. The predicted molar refractivity (Wildman–Crippen MR) is 40.1 cm³/mol. The van der Waals surface area contributed by atoms with Crippen LogP contribution < -0.4 is 0 Å². The number of aliphatic hydroxyl groups is 1. The minimum absolute atomic E-state index is 0.0379. The highest BCUT2D eigenvalue weighted by atomic mass is 79.9. The number of halogens is 1. The number of aliphatic hydroxyl groups excluding tert-OH is 1. The van der Waals surface area contributed by atoms with E-state index in [1.54, 1.807) is 0 Å². The summed E-state index contributed by atoms with van der Waals surface area (Å²) in [5.74, 6) is 0. The SMILES string of the molecule is CC(Br)C1OCC(CO)O1. The molecule has 1 aliphatic rings. The molecule has 0 aliphatic carbocycles. The maximum absolute atomic E-state index is 8.65. The molecular weight excluding hydrogens is 200 g/mol. The molecule has 0 aromatic rings. The van der Waals surface area contributed by atoms with Crippen molar-refractivity contribution in [3.8, 4) is 0 Å². The summed E-state index contributed by atoms with van der Waals surface area (Å²) in [6.45, 7) is 2.48. The molecule has 0 amide bonds. The Bertz CT molecular complexity index is 107. The Balaban J connectivity index is 2.28. The summed E-state index contributed by atoms with van der Waals surface area (Å²) in [5.41, 5.74) is 0. The van der Waals surface area contributed by atoms with Gasteiger partial charge in [0.05, 0.1) is 18.0 Å². The highest BCUT2D eigenvalue weighted by molar-refractivity contribution is 9.09. The first-order chi connectivity index (χ1) is 4.74. The number of alkyl halides is 1. The zero-order valence-corrected chi connectivity index (χ0v) is 7.37. The third kappa shape index (κ3) is 1.92. The summed E-state index contributed by atoms with van der Waals surface area (Å²) in [6.07, 6.45) is -0.331. The van der Waals surface area contributed by atoms with Crippen LogP contribution in [-0.2, 0) is 9.47 Å². The second kappa shape index (κ2) is 3.67. The first-order valence-corrected chi connectivity index (χ1v) is 4.17. The van der Waals surface area contributed by atoms with Crippen LogP contribution in [0.1, 0.15) is 6.92 Å². The fraction of sp³-hybridized carbons (Fsp3) is 1.00. The lowest BCUT2D eigenvalue weighted by atomic mass is 10.4. The molecule has 1 aliphatic heterocycles. The van der Waals surface area contributed by atoms with Gasteiger partial charge < -0.3 is 14.6 Å². The van der Waals surface area contributed by atoms with Crippen LogP contribution in [0.25, 0.3) is 0 Å². The lowest BCUT2D eigenvalue weighted by molar-refractivity contribution is -0.0608. The van der Waals surface area contributed by atoms with Gasteiger partial charge >= 0.3 is 0 Å². The Kier molecular flexibility index (Phi) is 3.10. The summed E-state index contributed by atoms with van der Waals surface area (Å²) in [5, 5.41) is 8.65. The van der Waals surface area contributed by atoms with E-state index >= 15 is 0 Å². The zero-order valence-electron chi connectivity index (χ0n) is 5.79. The molecule has 3 nitrogen and oxygen atoms in total. The summed E-state index contributed by atoms with van der Waals surface area (Å²) in [6, 6.07) is 0. The van der Waals surface area contributed by atoms with Crippen molar-refractivity contribution in [3.63, 3.8) is 0 Å². The van der Waals surface area contributed by atoms with E-state index in [1.165, 1.54) is 0 Å². The quantitative estimate of drug-likeness (QED) is 0.676. The zero-order chi connectivity index (χ0) is 7.56. The minimum Gasteiger partial charge on any atom is -0.394 e. The van der Waals surface area contributed by atoms with Gasteiger partial charge in [-0.2, -0.15) is 0 Å². The maximum Gasteiger partial charge on any atom is 0.170 e. The molecule has 0 bridgehead atoms. The molecule has 1 N–H and O–H groups in total. The van der Waals surface area contributed by atoms with E-state index in [-0.39, 0.29) is 23.8 Å². The normalized spacial score (nSPS) is 36.3. The van der Waals surface area contributed by atoms with Gasteiger partial charge in [-0.15, -0.1) is 0 Å². The van der Waals surface area contributed by atoms with E-state index in [1.807, 2.05) is 6.92 Å². The van der Waals surface area contributed by atoms with Gasteiger partial charge in [-0.05, 0) is 6.92 Å². The van der Waals surface area contributed by atoms with E-state index < -0.39 is 0 Å². The minimum atomic E-state index is -0.197. The van der Waals surface area contributed by atoms with Gasteiger partial charge in [0.15, 0.2) is 6.29 Å². The Morgan fingerprint density at radius 2 is 2.50 bits per heavy atom. The second-order valence-electron chi connectivity index (χ2n) is 2.32. The first-order valence-electron chi connectivity index (χ1n) is 3.26. The van der Waals surface area contributed by atoms with Crippen molar-refractivity contribution in [1.82, 2.24) is 0 Å². The highest BCUT2D eigenvalue weighted by Gasteiger charge is 2.28. The van der Waals surface area contributed by atoms with E-state index in [4.69, 9.17) is 14.6 Å². The molecule has 1 fully saturated rings. The van der Waals surface area contributed by atoms with Gasteiger partial charge in [0.2, 0.25) is 0 Å². The molecule has 3 atom stereocenters. The monoisotopic (exact) mass is 210 g/mol. The summed E-state index contributed by atoms with van der Waals surface area (Å²) >= 11 is 3.33. The topological polar surface area (TPSA) is 38.7 Å².